The summed E-state index contributed by atoms with van der Waals surface area (Å²) in [6, 6.07) is 7.02. The molecule has 1 aromatic carbocycles. The molecule has 22 heavy (non-hydrogen) atoms. The van der Waals surface area contributed by atoms with E-state index in [0.717, 1.165) is 11.3 Å². The van der Waals surface area contributed by atoms with Crippen LogP contribution in [0.15, 0.2) is 30.3 Å². The van der Waals surface area contributed by atoms with E-state index in [1.165, 1.54) is 6.07 Å². The third-order valence-electron chi connectivity index (χ3n) is 2.54. The van der Waals surface area contributed by atoms with Gasteiger partial charge in [-0.15, -0.1) is 11.3 Å². The van der Waals surface area contributed by atoms with Crippen LogP contribution in [0.2, 0.25) is 5.02 Å². The first-order valence-corrected chi connectivity index (χ1v) is 7.13. The Morgan fingerprint density at radius 1 is 1.09 bits per heavy atom. The Labute approximate surface area is 134 Å². The van der Waals surface area contributed by atoms with Gasteiger partial charge in [0.1, 0.15) is 5.00 Å². The number of primary amides is 2. The van der Waals surface area contributed by atoms with Crippen LogP contribution in [0.5, 0.6) is 0 Å². The number of hydrogen-bond acceptors (Lipinski definition) is 4. The first-order chi connectivity index (χ1) is 10.4. The SMILES string of the molecule is NC(=O)Nc1sc(C(=O)Nc2cccc(Cl)c2)cc1C(N)=O. The topological polar surface area (TPSA) is 127 Å². The molecule has 0 saturated heterocycles. The maximum atomic E-state index is 12.2. The fraction of sp³-hybridized carbons (Fsp3) is 0. The molecule has 114 valence electrons. The molecule has 2 aromatic rings. The summed E-state index contributed by atoms with van der Waals surface area (Å²) in [7, 11) is 0. The van der Waals surface area contributed by atoms with Gasteiger partial charge in [-0.1, -0.05) is 17.7 Å². The van der Waals surface area contributed by atoms with Gasteiger partial charge >= 0.3 is 6.03 Å². The minimum atomic E-state index is -0.855. The zero-order valence-electron chi connectivity index (χ0n) is 11.1. The van der Waals surface area contributed by atoms with Crippen molar-refractivity contribution in [1.82, 2.24) is 0 Å². The monoisotopic (exact) mass is 338 g/mol. The van der Waals surface area contributed by atoms with Gasteiger partial charge in [-0.25, -0.2) is 4.79 Å². The molecular weight excluding hydrogens is 328 g/mol. The number of hydrogen-bond donors (Lipinski definition) is 4. The Morgan fingerprint density at radius 2 is 1.82 bits per heavy atom. The fourth-order valence-electron chi connectivity index (χ4n) is 1.65. The Morgan fingerprint density at radius 3 is 2.41 bits per heavy atom. The summed E-state index contributed by atoms with van der Waals surface area (Å²) in [6.45, 7) is 0. The van der Waals surface area contributed by atoms with Gasteiger partial charge in [-0.05, 0) is 24.3 Å². The van der Waals surface area contributed by atoms with Crippen LogP contribution in [0, 0.1) is 0 Å². The van der Waals surface area contributed by atoms with Crippen molar-refractivity contribution < 1.29 is 14.4 Å². The van der Waals surface area contributed by atoms with Gasteiger partial charge in [-0.3, -0.25) is 14.9 Å². The summed E-state index contributed by atoms with van der Waals surface area (Å²) in [6.07, 6.45) is 0. The number of halogens is 1. The van der Waals surface area contributed by atoms with Crippen molar-refractivity contribution in [3.8, 4) is 0 Å². The molecule has 7 nitrogen and oxygen atoms in total. The Hall–Kier alpha value is -2.58. The molecule has 4 amide bonds. The largest absolute Gasteiger partial charge is 0.366 e. The standard InChI is InChI=1S/C13H11ClN4O3S/c14-6-2-1-3-7(4-6)17-11(20)9-5-8(10(15)19)12(22-9)18-13(16)21/h1-5H,(H2,15,19)(H,17,20)(H3,16,18,21). The molecule has 0 aliphatic heterocycles. The molecule has 1 heterocycles. The minimum Gasteiger partial charge on any atom is -0.366 e. The molecule has 0 aliphatic carbocycles. The van der Waals surface area contributed by atoms with E-state index in [1.54, 1.807) is 24.3 Å². The number of amides is 4. The predicted molar refractivity (Wildman–Crippen MR) is 85.4 cm³/mol. The number of carbonyl (C=O) groups excluding carboxylic acids is 3. The molecular formula is C13H11ClN4O3S. The van der Waals surface area contributed by atoms with E-state index in [9.17, 15) is 14.4 Å². The second-order valence-corrected chi connectivity index (χ2v) is 5.66. The van der Waals surface area contributed by atoms with E-state index < -0.39 is 17.8 Å². The number of nitrogens with two attached hydrogens (primary N) is 2. The van der Waals surface area contributed by atoms with Crippen molar-refractivity contribution in [3.05, 3.63) is 45.8 Å². The van der Waals surface area contributed by atoms with Crippen LogP contribution < -0.4 is 22.1 Å². The summed E-state index contributed by atoms with van der Waals surface area (Å²) in [5.74, 6) is -1.24. The molecule has 6 N–H and O–H groups in total. The van der Waals surface area contributed by atoms with Gasteiger partial charge in [0.25, 0.3) is 11.8 Å². The molecule has 0 unspecified atom stereocenters. The lowest BCUT2D eigenvalue weighted by Crippen LogP contribution is -2.21. The van der Waals surface area contributed by atoms with Crippen molar-refractivity contribution >= 4 is 51.5 Å². The molecule has 0 bridgehead atoms. The van der Waals surface area contributed by atoms with E-state index in [1.807, 2.05) is 0 Å². The zero-order chi connectivity index (χ0) is 16.3. The highest BCUT2D eigenvalue weighted by molar-refractivity contribution is 7.18. The first-order valence-electron chi connectivity index (χ1n) is 5.94. The van der Waals surface area contributed by atoms with E-state index >= 15 is 0 Å². The second kappa shape index (κ2) is 6.46. The highest BCUT2D eigenvalue weighted by Gasteiger charge is 2.19. The summed E-state index contributed by atoms with van der Waals surface area (Å²) >= 11 is 6.72. The average molecular weight is 339 g/mol. The average Bonchev–Trinajstić information content (AvgIpc) is 2.82. The van der Waals surface area contributed by atoms with Crippen LogP contribution in [-0.4, -0.2) is 17.8 Å². The van der Waals surface area contributed by atoms with Crippen molar-refractivity contribution in [2.24, 2.45) is 11.5 Å². The molecule has 0 radical (unpaired) electrons. The first kappa shape index (κ1) is 15.8. The zero-order valence-corrected chi connectivity index (χ0v) is 12.6. The minimum absolute atomic E-state index is 0.0139. The van der Waals surface area contributed by atoms with Gasteiger partial charge in [0.15, 0.2) is 0 Å². The Balaban J connectivity index is 2.26. The molecule has 9 heteroatoms. The molecule has 0 fully saturated rings. The van der Waals surface area contributed by atoms with Gasteiger partial charge < -0.3 is 16.8 Å². The molecule has 0 atom stereocenters. The number of anilines is 2. The highest BCUT2D eigenvalue weighted by atomic mass is 35.5. The number of thiophene rings is 1. The van der Waals surface area contributed by atoms with E-state index in [2.05, 4.69) is 10.6 Å². The molecule has 0 spiro atoms. The van der Waals surface area contributed by atoms with Crippen molar-refractivity contribution in [1.29, 1.82) is 0 Å². The number of benzene rings is 1. The molecule has 1 aromatic heterocycles. The maximum absolute atomic E-state index is 12.2. The smallest absolute Gasteiger partial charge is 0.317 e. The lowest BCUT2D eigenvalue weighted by atomic mass is 10.2. The number of nitrogens with one attached hydrogen (secondary N) is 2. The second-order valence-electron chi connectivity index (χ2n) is 4.17. The highest BCUT2D eigenvalue weighted by Crippen LogP contribution is 2.28. The van der Waals surface area contributed by atoms with Gasteiger partial charge in [-0.2, -0.15) is 0 Å². The third-order valence-corrected chi connectivity index (χ3v) is 3.82. The lowest BCUT2D eigenvalue weighted by molar-refractivity contribution is 0.100. The third kappa shape index (κ3) is 3.74. The maximum Gasteiger partial charge on any atom is 0.317 e. The van der Waals surface area contributed by atoms with E-state index in [0.29, 0.717) is 10.7 Å². The van der Waals surface area contributed by atoms with Crippen molar-refractivity contribution in [3.63, 3.8) is 0 Å². The molecule has 2 rings (SSSR count). The normalized spacial score (nSPS) is 10.0. The Kier molecular flexibility index (Phi) is 4.64. The fourth-order valence-corrected chi connectivity index (χ4v) is 2.80. The quantitative estimate of drug-likeness (QED) is 0.682. The van der Waals surface area contributed by atoms with Crippen LogP contribution in [0.3, 0.4) is 0 Å². The summed E-state index contributed by atoms with van der Waals surface area (Å²) in [4.78, 5) is 34.6. The Bertz CT molecular complexity index is 759. The van der Waals surface area contributed by atoms with Crippen LogP contribution in [0.4, 0.5) is 15.5 Å². The molecule has 0 aliphatic rings. The lowest BCUT2D eigenvalue weighted by Gasteiger charge is -2.03. The van der Waals surface area contributed by atoms with Gasteiger partial charge in [0.2, 0.25) is 0 Å². The van der Waals surface area contributed by atoms with Gasteiger partial charge in [0.05, 0.1) is 10.4 Å². The van der Waals surface area contributed by atoms with E-state index in [-0.39, 0.29) is 15.4 Å². The summed E-state index contributed by atoms with van der Waals surface area (Å²) < 4.78 is 0. The number of urea groups is 1. The number of carbonyl (C=O) groups is 3. The van der Waals surface area contributed by atoms with Crippen LogP contribution >= 0.6 is 22.9 Å². The number of rotatable bonds is 4. The predicted octanol–water partition coefficient (Wildman–Crippen LogP) is 2.24. The van der Waals surface area contributed by atoms with Crippen molar-refractivity contribution in [2.75, 3.05) is 10.6 Å². The summed E-state index contributed by atoms with van der Waals surface area (Å²) in [5, 5.41) is 5.47. The van der Waals surface area contributed by atoms with Crippen LogP contribution in [0.25, 0.3) is 0 Å². The van der Waals surface area contributed by atoms with Crippen LogP contribution in [0.1, 0.15) is 20.0 Å². The summed E-state index contributed by atoms with van der Waals surface area (Å²) in [5.41, 5.74) is 10.7. The van der Waals surface area contributed by atoms with Crippen LogP contribution in [-0.2, 0) is 0 Å². The van der Waals surface area contributed by atoms with Crippen molar-refractivity contribution in [2.45, 2.75) is 0 Å². The van der Waals surface area contributed by atoms with Gasteiger partial charge in [0, 0.05) is 10.7 Å². The van der Waals surface area contributed by atoms with E-state index in [4.69, 9.17) is 23.1 Å². The molecule has 0 saturated carbocycles.